The quantitative estimate of drug-likeness (QED) is 0.419. The second-order valence-corrected chi connectivity index (χ2v) is 8.82. The number of aromatic nitrogens is 2. The Labute approximate surface area is 181 Å². The first-order valence-corrected chi connectivity index (χ1v) is 11.3. The molecule has 160 valence electrons. The van der Waals surface area contributed by atoms with Crippen LogP contribution in [0.5, 0.6) is 5.75 Å². The molecule has 0 amide bonds. The average Bonchev–Trinajstić information content (AvgIpc) is 3.41. The van der Waals surface area contributed by atoms with Crippen molar-refractivity contribution in [3.8, 4) is 17.1 Å². The molecule has 0 aliphatic heterocycles. The smallest absolute Gasteiger partial charge is 0.306 e. The molecule has 2 aromatic heterocycles. The highest BCUT2D eigenvalue weighted by Crippen LogP contribution is 2.40. The van der Waals surface area contributed by atoms with Crippen LogP contribution in [-0.2, 0) is 19.6 Å². The van der Waals surface area contributed by atoms with E-state index in [2.05, 4.69) is 8.75 Å². The molecule has 0 fully saturated rings. The number of fused-ring (bicyclic) bond motifs is 1. The summed E-state index contributed by atoms with van der Waals surface area (Å²) < 4.78 is 42.2. The summed E-state index contributed by atoms with van der Waals surface area (Å²) >= 11 is 1.00. The summed E-state index contributed by atoms with van der Waals surface area (Å²) in [6.07, 6.45) is -0.0853. The molecule has 0 spiro atoms. The SMILES string of the molecule is COC(=O)C[C@@H](c1ccc(-c2ccc(S(N)(=O)=O)cc2)o1)c1c(O)ccc2nsnc12. The Bertz CT molecular complexity index is 1360. The van der Waals surface area contributed by atoms with E-state index < -0.39 is 21.9 Å². The van der Waals surface area contributed by atoms with Crippen LogP contribution in [0.15, 0.2) is 57.8 Å². The highest BCUT2D eigenvalue weighted by molar-refractivity contribution is 7.89. The van der Waals surface area contributed by atoms with Gasteiger partial charge in [-0.05, 0) is 48.5 Å². The lowest BCUT2D eigenvalue weighted by molar-refractivity contribution is -0.140. The van der Waals surface area contributed by atoms with Crippen molar-refractivity contribution in [2.24, 2.45) is 5.14 Å². The van der Waals surface area contributed by atoms with Crippen LogP contribution >= 0.6 is 11.7 Å². The van der Waals surface area contributed by atoms with Gasteiger partial charge in [0.05, 0.1) is 36.1 Å². The number of furan rings is 1. The van der Waals surface area contributed by atoms with Gasteiger partial charge in [0.1, 0.15) is 28.3 Å². The van der Waals surface area contributed by atoms with Crippen molar-refractivity contribution in [2.45, 2.75) is 17.2 Å². The number of carbonyl (C=O) groups is 1. The lowest BCUT2D eigenvalue weighted by Crippen LogP contribution is -2.11. The number of benzene rings is 2. The van der Waals surface area contributed by atoms with E-state index in [1.165, 1.54) is 25.3 Å². The summed E-state index contributed by atoms with van der Waals surface area (Å²) in [4.78, 5) is 12.1. The van der Waals surface area contributed by atoms with Gasteiger partial charge in [-0.1, -0.05) is 0 Å². The van der Waals surface area contributed by atoms with Gasteiger partial charge in [0.25, 0.3) is 0 Å². The molecule has 31 heavy (non-hydrogen) atoms. The Hall–Kier alpha value is -3.28. The molecule has 0 saturated heterocycles. The largest absolute Gasteiger partial charge is 0.508 e. The zero-order chi connectivity index (χ0) is 22.2. The highest BCUT2D eigenvalue weighted by atomic mass is 32.2. The third-order valence-corrected chi connectivity index (χ3v) is 6.30. The maximum Gasteiger partial charge on any atom is 0.306 e. The van der Waals surface area contributed by atoms with Crippen molar-refractivity contribution in [1.29, 1.82) is 0 Å². The van der Waals surface area contributed by atoms with Crippen molar-refractivity contribution >= 4 is 38.8 Å². The number of aromatic hydroxyl groups is 1. The molecule has 0 aliphatic carbocycles. The molecule has 11 heteroatoms. The van der Waals surface area contributed by atoms with Crippen LogP contribution in [0.1, 0.15) is 23.7 Å². The fourth-order valence-corrected chi connectivity index (χ4v) is 4.37. The van der Waals surface area contributed by atoms with Gasteiger partial charge in [0.15, 0.2) is 0 Å². The molecular formula is C20H17N3O6S2. The van der Waals surface area contributed by atoms with Gasteiger partial charge in [0.2, 0.25) is 10.0 Å². The van der Waals surface area contributed by atoms with E-state index in [1.54, 1.807) is 30.3 Å². The van der Waals surface area contributed by atoms with E-state index in [0.29, 0.717) is 33.7 Å². The number of sulfonamides is 1. The molecule has 0 radical (unpaired) electrons. The summed E-state index contributed by atoms with van der Waals surface area (Å²) in [5.74, 6) is -0.331. The Balaban J connectivity index is 1.77. The molecule has 2 heterocycles. The van der Waals surface area contributed by atoms with Gasteiger partial charge >= 0.3 is 5.97 Å². The molecule has 0 saturated carbocycles. The second-order valence-electron chi connectivity index (χ2n) is 6.73. The Morgan fingerprint density at radius 3 is 2.58 bits per heavy atom. The topological polar surface area (TPSA) is 146 Å². The van der Waals surface area contributed by atoms with Gasteiger partial charge < -0.3 is 14.3 Å². The van der Waals surface area contributed by atoms with Gasteiger partial charge in [-0.3, -0.25) is 4.79 Å². The number of rotatable bonds is 6. The van der Waals surface area contributed by atoms with Crippen LogP contribution < -0.4 is 5.14 Å². The molecule has 0 unspecified atom stereocenters. The lowest BCUT2D eigenvalue weighted by Gasteiger charge is -2.16. The molecule has 2 aromatic carbocycles. The molecule has 4 rings (SSSR count). The van der Waals surface area contributed by atoms with E-state index in [1.807, 2.05) is 0 Å². The minimum Gasteiger partial charge on any atom is -0.508 e. The molecule has 9 nitrogen and oxygen atoms in total. The number of ether oxygens (including phenoxy) is 1. The van der Waals surface area contributed by atoms with Crippen LogP contribution in [0, 0.1) is 0 Å². The Kier molecular flexibility index (Phi) is 5.48. The summed E-state index contributed by atoms with van der Waals surface area (Å²) in [6, 6.07) is 12.4. The van der Waals surface area contributed by atoms with E-state index in [9.17, 15) is 18.3 Å². The number of phenolic OH excluding ortho intramolecular Hbond substituents is 1. The van der Waals surface area contributed by atoms with Gasteiger partial charge in [0, 0.05) is 11.1 Å². The van der Waals surface area contributed by atoms with Crippen molar-refractivity contribution in [3.63, 3.8) is 0 Å². The van der Waals surface area contributed by atoms with E-state index in [0.717, 1.165) is 11.7 Å². The van der Waals surface area contributed by atoms with Gasteiger partial charge in [-0.2, -0.15) is 8.75 Å². The average molecular weight is 460 g/mol. The third kappa shape index (κ3) is 4.15. The van der Waals surface area contributed by atoms with Crippen LogP contribution in [0.3, 0.4) is 0 Å². The summed E-state index contributed by atoms with van der Waals surface area (Å²) in [5.41, 5.74) is 2.11. The summed E-state index contributed by atoms with van der Waals surface area (Å²) in [6.45, 7) is 0. The van der Waals surface area contributed by atoms with Gasteiger partial charge in [-0.15, -0.1) is 0 Å². The normalized spacial score (nSPS) is 12.7. The summed E-state index contributed by atoms with van der Waals surface area (Å²) in [5, 5.41) is 15.7. The Morgan fingerprint density at radius 2 is 1.90 bits per heavy atom. The van der Waals surface area contributed by atoms with Crippen LogP contribution in [0.25, 0.3) is 22.4 Å². The molecular weight excluding hydrogens is 442 g/mol. The van der Waals surface area contributed by atoms with Gasteiger partial charge in [-0.25, -0.2) is 13.6 Å². The maximum absolute atomic E-state index is 12.1. The first-order chi connectivity index (χ1) is 14.8. The minimum atomic E-state index is -3.80. The number of hydrogen-bond donors (Lipinski definition) is 2. The minimum absolute atomic E-state index is 0.0146. The predicted octanol–water partition coefficient (Wildman–Crippen LogP) is 3.00. The van der Waals surface area contributed by atoms with Crippen LogP contribution in [-0.4, -0.2) is 35.4 Å². The highest BCUT2D eigenvalue weighted by Gasteiger charge is 2.28. The van der Waals surface area contributed by atoms with E-state index in [4.69, 9.17) is 14.3 Å². The van der Waals surface area contributed by atoms with Crippen molar-refractivity contribution in [1.82, 2.24) is 8.75 Å². The second kappa shape index (κ2) is 8.10. The number of esters is 1. The first-order valence-electron chi connectivity index (χ1n) is 9.02. The Morgan fingerprint density at radius 1 is 1.16 bits per heavy atom. The lowest BCUT2D eigenvalue weighted by atomic mass is 9.91. The van der Waals surface area contributed by atoms with Crippen molar-refractivity contribution in [2.75, 3.05) is 7.11 Å². The molecule has 3 N–H and O–H groups in total. The number of primary sulfonamides is 1. The maximum atomic E-state index is 12.1. The van der Waals surface area contributed by atoms with Crippen LogP contribution in [0.4, 0.5) is 0 Å². The molecule has 0 aliphatic rings. The number of nitrogens with zero attached hydrogens (tertiary/aromatic N) is 2. The fraction of sp³-hybridized carbons (Fsp3) is 0.150. The van der Waals surface area contributed by atoms with E-state index in [-0.39, 0.29) is 17.1 Å². The number of carbonyl (C=O) groups excluding carboxylic acids is 1. The first kappa shape index (κ1) is 21.0. The van der Waals surface area contributed by atoms with E-state index >= 15 is 0 Å². The monoisotopic (exact) mass is 459 g/mol. The number of nitrogens with two attached hydrogens (primary N) is 1. The zero-order valence-electron chi connectivity index (χ0n) is 16.2. The number of hydrogen-bond acceptors (Lipinski definition) is 9. The molecule has 0 bridgehead atoms. The predicted molar refractivity (Wildman–Crippen MR) is 113 cm³/mol. The third-order valence-electron chi connectivity index (χ3n) is 4.83. The van der Waals surface area contributed by atoms with Crippen LogP contribution in [0.2, 0.25) is 0 Å². The number of methoxy groups -OCH3 is 1. The fourth-order valence-electron chi connectivity index (χ4n) is 3.30. The molecule has 4 aromatic rings. The molecule has 1 atom stereocenters. The number of phenols is 1. The van der Waals surface area contributed by atoms with Crippen molar-refractivity contribution < 1.29 is 27.5 Å². The zero-order valence-corrected chi connectivity index (χ0v) is 17.8. The summed E-state index contributed by atoms with van der Waals surface area (Å²) in [7, 11) is -2.52. The van der Waals surface area contributed by atoms with Crippen molar-refractivity contribution in [3.05, 3.63) is 59.9 Å². The standard InChI is InChI=1S/C20H17N3O6S2/c1-28-18(25)10-13(19-15(24)7-6-14-20(19)23-30-22-14)17-9-8-16(29-17)11-2-4-12(5-3-11)31(21,26)27/h2-9,13,24H,10H2,1H3,(H2,21,26,27)/t13-/m0/s1.